The molecule has 30 heavy (non-hydrogen) atoms. The number of benzene rings is 2. The Morgan fingerprint density at radius 3 is 2.70 bits per heavy atom. The van der Waals surface area contributed by atoms with Crippen LogP contribution in [0.1, 0.15) is 0 Å². The fraction of sp³-hybridized carbons (Fsp3) is 0.143. The van der Waals surface area contributed by atoms with Crippen LogP contribution in [0.4, 0.5) is 5.13 Å². The van der Waals surface area contributed by atoms with Gasteiger partial charge < -0.3 is 14.8 Å². The molecule has 9 heteroatoms. The van der Waals surface area contributed by atoms with Crippen LogP contribution in [-0.4, -0.2) is 34.9 Å². The van der Waals surface area contributed by atoms with E-state index in [1.807, 2.05) is 24.3 Å². The predicted molar refractivity (Wildman–Crippen MR) is 115 cm³/mol. The quantitative estimate of drug-likeness (QED) is 0.513. The lowest BCUT2D eigenvalue weighted by atomic mass is 10.1. The first-order valence-corrected chi connectivity index (χ1v) is 9.85. The summed E-state index contributed by atoms with van der Waals surface area (Å²) in [5.41, 5.74) is 1.55. The highest BCUT2D eigenvalue weighted by molar-refractivity contribution is 7.22. The molecule has 2 aromatic carbocycles. The Kier molecular flexibility index (Phi) is 5.44. The molecule has 0 saturated carbocycles. The molecule has 152 valence electrons. The van der Waals surface area contributed by atoms with Gasteiger partial charge in [-0.1, -0.05) is 23.5 Å². The Morgan fingerprint density at radius 2 is 1.93 bits per heavy atom. The Morgan fingerprint density at radius 1 is 1.10 bits per heavy atom. The standard InChI is InChI=1S/C21H18N4O4S/c1-28-13-7-9-17(29-2)14(11-13)15-8-10-20(27)25(24-15)12-19(26)23-21-22-16-5-3-4-6-18(16)30-21/h3-11H,12H2,1-2H3,(H,22,23,26). The number of ether oxygens (including phenoxy) is 2. The number of aromatic nitrogens is 3. The second-order valence-electron chi connectivity index (χ2n) is 6.32. The van der Waals surface area contributed by atoms with Crippen molar-refractivity contribution in [2.75, 3.05) is 19.5 Å². The maximum atomic E-state index is 12.5. The van der Waals surface area contributed by atoms with Crippen LogP contribution in [0.25, 0.3) is 21.5 Å². The van der Waals surface area contributed by atoms with Crippen molar-refractivity contribution in [1.29, 1.82) is 0 Å². The van der Waals surface area contributed by atoms with Gasteiger partial charge in [-0.15, -0.1) is 0 Å². The molecule has 0 aliphatic heterocycles. The third kappa shape index (κ3) is 4.01. The van der Waals surface area contributed by atoms with Crippen molar-refractivity contribution in [2.45, 2.75) is 6.54 Å². The summed E-state index contributed by atoms with van der Waals surface area (Å²) in [6.07, 6.45) is 0. The number of amides is 1. The average molecular weight is 422 g/mol. The number of nitrogens with one attached hydrogen (secondary N) is 1. The molecule has 0 radical (unpaired) electrons. The van der Waals surface area contributed by atoms with E-state index >= 15 is 0 Å². The van der Waals surface area contributed by atoms with Crippen LogP contribution in [0.15, 0.2) is 59.4 Å². The number of rotatable bonds is 6. The first-order chi connectivity index (χ1) is 14.6. The number of carbonyl (C=O) groups is 1. The van der Waals surface area contributed by atoms with Crippen molar-refractivity contribution in [2.24, 2.45) is 0 Å². The molecule has 8 nitrogen and oxygen atoms in total. The molecular formula is C21H18N4O4S. The van der Waals surface area contributed by atoms with E-state index in [1.54, 1.807) is 38.5 Å². The normalized spacial score (nSPS) is 10.7. The van der Waals surface area contributed by atoms with Crippen molar-refractivity contribution in [3.8, 4) is 22.8 Å². The van der Waals surface area contributed by atoms with Crippen LogP contribution in [-0.2, 0) is 11.3 Å². The second-order valence-corrected chi connectivity index (χ2v) is 7.35. The number of thiazole rings is 1. The number of carbonyl (C=O) groups excluding carboxylic acids is 1. The van der Waals surface area contributed by atoms with Crippen molar-refractivity contribution in [1.82, 2.24) is 14.8 Å². The van der Waals surface area contributed by atoms with Crippen LogP contribution < -0.4 is 20.3 Å². The monoisotopic (exact) mass is 422 g/mol. The number of para-hydroxylation sites is 1. The lowest BCUT2D eigenvalue weighted by molar-refractivity contribution is -0.117. The summed E-state index contributed by atoms with van der Waals surface area (Å²) in [4.78, 5) is 29.1. The molecule has 1 N–H and O–H groups in total. The Balaban J connectivity index is 1.59. The highest BCUT2D eigenvalue weighted by atomic mass is 32.1. The fourth-order valence-electron chi connectivity index (χ4n) is 2.94. The van der Waals surface area contributed by atoms with E-state index in [9.17, 15) is 9.59 Å². The smallest absolute Gasteiger partial charge is 0.267 e. The largest absolute Gasteiger partial charge is 0.497 e. The minimum atomic E-state index is -0.390. The summed E-state index contributed by atoms with van der Waals surface area (Å²) in [5.74, 6) is 0.810. The van der Waals surface area contributed by atoms with Gasteiger partial charge in [0.2, 0.25) is 5.91 Å². The second kappa shape index (κ2) is 8.34. The first kappa shape index (κ1) is 19.6. The molecule has 4 rings (SSSR count). The van der Waals surface area contributed by atoms with Gasteiger partial charge in [-0.3, -0.25) is 9.59 Å². The van der Waals surface area contributed by atoms with Crippen LogP contribution in [0, 0.1) is 0 Å². The summed E-state index contributed by atoms with van der Waals surface area (Å²) >= 11 is 1.37. The molecule has 0 saturated heterocycles. The van der Waals surface area contributed by atoms with Crippen LogP contribution in [0.3, 0.4) is 0 Å². The number of nitrogens with zero attached hydrogens (tertiary/aromatic N) is 3. The highest BCUT2D eigenvalue weighted by Crippen LogP contribution is 2.31. The minimum Gasteiger partial charge on any atom is -0.497 e. The van der Waals surface area contributed by atoms with E-state index in [0.717, 1.165) is 14.9 Å². The van der Waals surface area contributed by atoms with Gasteiger partial charge in [-0.2, -0.15) is 5.10 Å². The zero-order valence-electron chi connectivity index (χ0n) is 16.3. The zero-order valence-corrected chi connectivity index (χ0v) is 17.1. The molecule has 0 aliphatic rings. The topological polar surface area (TPSA) is 95.3 Å². The summed E-state index contributed by atoms with van der Waals surface area (Å²) < 4.78 is 12.7. The Bertz CT molecular complexity index is 1250. The number of fused-ring (bicyclic) bond motifs is 1. The van der Waals surface area contributed by atoms with Crippen LogP contribution in [0.5, 0.6) is 11.5 Å². The molecule has 0 fully saturated rings. The molecule has 1 amide bonds. The van der Waals surface area contributed by atoms with E-state index in [-0.39, 0.29) is 12.1 Å². The maximum absolute atomic E-state index is 12.5. The minimum absolute atomic E-state index is 0.241. The summed E-state index contributed by atoms with van der Waals surface area (Å²) in [6, 6.07) is 15.8. The van der Waals surface area contributed by atoms with Crippen molar-refractivity contribution >= 4 is 32.6 Å². The van der Waals surface area contributed by atoms with Gasteiger partial charge >= 0.3 is 0 Å². The zero-order chi connectivity index (χ0) is 21.1. The molecule has 0 aliphatic carbocycles. The predicted octanol–water partition coefficient (Wildman–Crippen LogP) is 3.18. The van der Waals surface area contributed by atoms with Gasteiger partial charge in [0.1, 0.15) is 18.0 Å². The van der Waals surface area contributed by atoms with E-state index in [2.05, 4.69) is 15.4 Å². The summed E-state index contributed by atoms with van der Waals surface area (Å²) in [5, 5.41) is 7.54. The molecular weight excluding hydrogens is 404 g/mol. The lowest BCUT2D eigenvalue weighted by Gasteiger charge is -2.11. The first-order valence-electron chi connectivity index (χ1n) is 9.03. The maximum Gasteiger partial charge on any atom is 0.267 e. The highest BCUT2D eigenvalue weighted by Gasteiger charge is 2.14. The molecule has 0 bridgehead atoms. The Labute approximate surface area is 175 Å². The van der Waals surface area contributed by atoms with E-state index in [1.165, 1.54) is 17.4 Å². The van der Waals surface area contributed by atoms with Crippen molar-refractivity contribution < 1.29 is 14.3 Å². The number of hydrogen-bond donors (Lipinski definition) is 1. The third-order valence-corrected chi connectivity index (χ3v) is 5.33. The van der Waals surface area contributed by atoms with Crippen LogP contribution >= 0.6 is 11.3 Å². The SMILES string of the molecule is COc1ccc(OC)c(-c2ccc(=O)n(CC(=O)Nc3nc4ccccc4s3)n2)c1. The van der Waals surface area contributed by atoms with E-state index in [4.69, 9.17) is 9.47 Å². The van der Waals surface area contributed by atoms with Gasteiger partial charge in [0, 0.05) is 11.6 Å². The summed E-state index contributed by atoms with van der Waals surface area (Å²) in [7, 11) is 3.11. The average Bonchev–Trinajstić information content (AvgIpc) is 3.17. The Hall–Kier alpha value is -3.72. The molecule has 0 atom stereocenters. The van der Waals surface area contributed by atoms with Gasteiger partial charge in [0.15, 0.2) is 5.13 Å². The summed E-state index contributed by atoms with van der Waals surface area (Å²) in [6.45, 7) is -0.241. The lowest BCUT2D eigenvalue weighted by Crippen LogP contribution is -2.29. The molecule has 2 aromatic heterocycles. The molecule has 0 unspecified atom stereocenters. The van der Waals surface area contributed by atoms with Crippen molar-refractivity contribution in [3.63, 3.8) is 0 Å². The number of hydrogen-bond acceptors (Lipinski definition) is 7. The van der Waals surface area contributed by atoms with Gasteiger partial charge in [0.25, 0.3) is 5.56 Å². The third-order valence-electron chi connectivity index (χ3n) is 4.38. The van der Waals surface area contributed by atoms with Gasteiger partial charge in [-0.05, 0) is 36.4 Å². The fourth-order valence-corrected chi connectivity index (χ4v) is 3.82. The van der Waals surface area contributed by atoms with E-state index in [0.29, 0.717) is 27.9 Å². The number of anilines is 1. The van der Waals surface area contributed by atoms with Gasteiger partial charge in [-0.25, -0.2) is 9.67 Å². The number of methoxy groups -OCH3 is 2. The molecule has 4 aromatic rings. The molecule has 2 heterocycles. The van der Waals surface area contributed by atoms with Crippen LogP contribution in [0.2, 0.25) is 0 Å². The van der Waals surface area contributed by atoms with Crippen molar-refractivity contribution in [3.05, 3.63) is 65.0 Å². The van der Waals surface area contributed by atoms with Gasteiger partial charge in [0.05, 0.1) is 30.1 Å². The van der Waals surface area contributed by atoms with E-state index < -0.39 is 5.91 Å². The molecule has 0 spiro atoms.